The molecule has 29 heavy (non-hydrogen) atoms. The predicted molar refractivity (Wildman–Crippen MR) is 104 cm³/mol. The van der Waals surface area contributed by atoms with Crippen molar-refractivity contribution in [2.45, 2.75) is 20.4 Å². The van der Waals surface area contributed by atoms with Gasteiger partial charge in [0.2, 0.25) is 5.91 Å². The minimum atomic E-state index is -0.596. The number of carbonyl (C=O) groups is 2. The van der Waals surface area contributed by atoms with Gasteiger partial charge in [-0.3, -0.25) is 9.59 Å². The van der Waals surface area contributed by atoms with E-state index in [1.165, 1.54) is 28.9 Å². The Balaban J connectivity index is 1.69. The number of anilines is 2. The van der Waals surface area contributed by atoms with Gasteiger partial charge in [-0.05, 0) is 49.7 Å². The maximum atomic E-state index is 13.4. The molecule has 0 unspecified atom stereocenters. The van der Waals surface area contributed by atoms with Gasteiger partial charge in [-0.2, -0.15) is 0 Å². The molecule has 0 aliphatic carbocycles. The summed E-state index contributed by atoms with van der Waals surface area (Å²) in [5.74, 6) is -2.12. The molecule has 2 aromatic carbocycles. The third kappa shape index (κ3) is 4.75. The van der Waals surface area contributed by atoms with Crippen molar-refractivity contribution in [2.24, 2.45) is 0 Å². The fourth-order valence-corrected chi connectivity index (χ4v) is 2.72. The van der Waals surface area contributed by atoms with E-state index in [0.29, 0.717) is 22.6 Å². The van der Waals surface area contributed by atoms with Crippen molar-refractivity contribution in [3.05, 3.63) is 70.0 Å². The molecular weight excluding hydrogens is 404 g/mol. The molecule has 2 N–H and O–H groups in total. The van der Waals surface area contributed by atoms with E-state index >= 15 is 0 Å². The van der Waals surface area contributed by atoms with Crippen LogP contribution in [0.25, 0.3) is 0 Å². The van der Waals surface area contributed by atoms with Crippen LogP contribution in [0.15, 0.2) is 36.4 Å². The molecule has 0 spiro atoms. The zero-order valence-electron chi connectivity index (χ0n) is 15.5. The minimum Gasteiger partial charge on any atom is -0.324 e. The molecule has 10 heteroatoms. The largest absolute Gasteiger partial charge is 0.324 e. The van der Waals surface area contributed by atoms with Crippen molar-refractivity contribution >= 4 is 34.8 Å². The summed E-state index contributed by atoms with van der Waals surface area (Å²) in [5, 5.41) is 12.6. The van der Waals surface area contributed by atoms with Crippen LogP contribution < -0.4 is 10.6 Å². The van der Waals surface area contributed by atoms with Gasteiger partial charge in [-0.1, -0.05) is 22.9 Å². The Morgan fingerprint density at radius 3 is 2.59 bits per heavy atom. The Morgan fingerprint density at radius 2 is 1.86 bits per heavy atom. The molecule has 0 fully saturated rings. The van der Waals surface area contributed by atoms with Crippen molar-refractivity contribution in [3.8, 4) is 0 Å². The number of nitrogens with one attached hydrogen (secondary N) is 2. The van der Waals surface area contributed by atoms with Crippen LogP contribution >= 0.6 is 11.6 Å². The first-order chi connectivity index (χ1) is 13.7. The zero-order chi connectivity index (χ0) is 21.1. The Hall–Kier alpha value is -3.33. The first-order valence-electron chi connectivity index (χ1n) is 8.47. The summed E-state index contributed by atoms with van der Waals surface area (Å²) < 4.78 is 27.8. The summed E-state index contributed by atoms with van der Waals surface area (Å²) in [7, 11) is 0. The van der Waals surface area contributed by atoms with Crippen LogP contribution in [-0.2, 0) is 11.3 Å². The summed E-state index contributed by atoms with van der Waals surface area (Å²) in [4.78, 5) is 24.7. The molecule has 1 heterocycles. The van der Waals surface area contributed by atoms with E-state index in [1.54, 1.807) is 19.9 Å². The average Bonchev–Trinajstić information content (AvgIpc) is 3.02. The fraction of sp³-hybridized carbons (Fsp3) is 0.158. The quantitative estimate of drug-likeness (QED) is 0.659. The average molecular weight is 420 g/mol. The Morgan fingerprint density at radius 1 is 1.10 bits per heavy atom. The number of nitrogens with zero attached hydrogens (tertiary/aromatic N) is 3. The minimum absolute atomic E-state index is 0.00582. The lowest BCUT2D eigenvalue weighted by Gasteiger charge is -2.08. The number of aromatic nitrogens is 3. The van der Waals surface area contributed by atoms with E-state index in [-0.39, 0.29) is 17.3 Å². The first-order valence-corrected chi connectivity index (χ1v) is 8.85. The van der Waals surface area contributed by atoms with Gasteiger partial charge in [0, 0.05) is 11.4 Å². The van der Waals surface area contributed by atoms with Crippen LogP contribution in [0, 0.1) is 25.5 Å². The summed E-state index contributed by atoms with van der Waals surface area (Å²) >= 11 is 5.69. The van der Waals surface area contributed by atoms with Crippen LogP contribution in [0.4, 0.5) is 20.2 Å². The SMILES string of the molecule is Cc1ccc(F)cc1NC(=O)c1nnn(CC(=O)Nc2ccc(F)c(Cl)c2)c1C. The maximum absolute atomic E-state index is 13.4. The van der Waals surface area contributed by atoms with Crippen LogP contribution in [0.2, 0.25) is 5.02 Å². The lowest BCUT2D eigenvalue weighted by Crippen LogP contribution is -2.21. The van der Waals surface area contributed by atoms with Gasteiger partial charge in [-0.15, -0.1) is 5.10 Å². The summed E-state index contributed by atoms with van der Waals surface area (Å²) in [6.45, 7) is 3.08. The molecule has 0 aliphatic rings. The van der Waals surface area contributed by atoms with Crippen LogP contribution in [0.1, 0.15) is 21.7 Å². The second kappa shape index (κ2) is 8.36. The highest BCUT2D eigenvalue weighted by Gasteiger charge is 2.19. The maximum Gasteiger partial charge on any atom is 0.278 e. The summed E-state index contributed by atoms with van der Waals surface area (Å²) in [6, 6.07) is 7.82. The molecule has 0 radical (unpaired) electrons. The lowest BCUT2D eigenvalue weighted by molar-refractivity contribution is -0.117. The van der Waals surface area contributed by atoms with Gasteiger partial charge in [-0.25, -0.2) is 13.5 Å². The third-order valence-electron chi connectivity index (χ3n) is 4.14. The number of benzene rings is 2. The zero-order valence-corrected chi connectivity index (χ0v) is 16.2. The lowest BCUT2D eigenvalue weighted by atomic mass is 10.2. The molecule has 2 amide bonds. The molecule has 3 rings (SSSR count). The molecule has 7 nitrogen and oxygen atoms in total. The molecule has 0 saturated carbocycles. The highest BCUT2D eigenvalue weighted by Crippen LogP contribution is 2.20. The van der Waals surface area contributed by atoms with E-state index in [1.807, 2.05) is 0 Å². The van der Waals surface area contributed by atoms with Gasteiger partial charge < -0.3 is 10.6 Å². The Labute approximate surface area is 169 Å². The van der Waals surface area contributed by atoms with Crippen molar-refractivity contribution in [1.82, 2.24) is 15.0 Å². The van der Waals surface area contributed by atoms with Crippen LogP contribution in [-0.4, -0.2) is 26.8 Å². The number of aryl methyl sites for hydroxylation is 1. The monoisotopic (exact) mass is 419 g/mol. The number of amides is 2. The molecule has 3 aromatic rings. The predicted octanol–water partition coefficient (Wildman–Crippen LogP) is 3.72. The molecule has 0 bridgehead atoms. The van der Waals surface area contributed by atoms with Crippen molar-refractivity contribution < 1.29 is 18.4 Å². The van der Waals surface area contributed by atoms with Gasteiger partial charge in [0.25, 0.3) is 5.91 Å². The number of carbonyl (C=O) groups excluding carboxylic acids is 2. The number of halogens is 3. The molecular formula is C19H16ClF2N5O2. The molecule has 1 aromatic heterocycles. The topological polar surface area (TPSA) is 88.9 Å². The fourth-order valence-electron chi connectivity index (χ4n) is 2.54. The third-order valence-corrected chi connectivity index (χ3v) is 4.43. The smallest absolute Gasteiger partial charge is 0.278 e. The van der Waals surface area contributed by atoms with Crippen molar-refractivity contribution in [1.29, 1.82) is 0 Å². The van der Waals surface area contributed by atoms with E-state index in [0.717, 1.165) is 6.07 Å². The molecule has 0 atom stereocenters. The number of rotatable bonds is 5. The normalized spacial score (nSPS) is 10.7. The van der Waals surface area contributed by atoms with Crippen molar-refractivity contribution in [3.63, 3.8) is 0 Å². The molecule has 0 aliphatic heterocycles. The van der Waals surface area contributed by atoms with Crippen molar-refractivity contribution in [2.75, 3.05) is 10.6 Å². The van der Waals surface area contributed by atoms with E-state index in [9.17, 15) is 18.4 Å². The standard InChI is InChI=1S/C19H16ClF2N5O2/c1-10-3-4-12(21)7-16(10)24-19(29)18-11(2)27(26-25-18)9-17(28)23-13-5-6-15(22)14(20)8-13/h3-8H,9H2,1-2H3,(H,23,28)(H,24,29). The van der Waals surface area contributed by atoms with Crippen LogP contribution in [0.3, 0.4) is 0 Å². The highest BCUT2D eigenvalue weighted by atomic mass is 35.5. The number of hydrogen-bond acceptors (Lipinski definition) is 4. The van der Waals surface area contributed by atoms with Crippen LogP contribution in [0.5, 0.6) is 0 Å². The van der Waals surface area contributed by atoms with E-state index < -0.39 is 23.4 Å². The van der Waals surface area contributed by atoms with Gasteiger partial charge in [0.1, 0.15) is 18.2 Å². The van der Waals surface area contributed by atoms with Gasteiger partial charge in [0.15, 0.2) is 5.69 Å². The van der Waals surface area contributed by atoms with E-state index in [4.69, 9.17) is 11.6 Å². The van der Waals surface area contributed by atoms with Gasteiger partial charge in [0.05, 0.1) is 10.7 Å². The first kappa shape index (κ1) is 20.4. The second-order valence-electron chi connectivity index (χ2n) is 6.27. The molecule has 0 saturated heterocycles. The summed E-state index contributed by atoms with van der Waals surface area (Å²) in [6.07, 6.45) is 0. The molecule has 150 valence electrons. The van der Waals surface area contributed by atoms with Gasteiger partial charge >= 0.3 is 0 Å². The van der Waals surface area contributed by atoms with E-state index in [2.05, 4.69) is 20.9 Å². The Bertz CT molecular complexity index is 1100. The summed E-state index contributed by atoms with van der Waals surface area (Å²) in [5.41, 5.74) is 1.67. The second-order valence-corrected chi connectivity index (χ2v) is 6.68. The number of hydrogen-bond donors (Lipinski definition) is 2. The Kier molecular flexibility index (Phi) is 5.88. The highest BCUT2D eigenvalue weighted by molar-refractivity contribution is 6.31.